The van der Waals surface area contributed by atoms with Gasteiger partial charge in [0.05, 0.1) is 7.11 Å². The van der Waals surface area contributed by atoms with E-state index >= 15 is 0 Å². The van der Waals surface area contributed by atoms with Crippen molar-refractivity contribution in [3.63, 3.8) is 0 Å². The third kappa shape index (κ3) is 6.77. The van der Waals surface area contributed by atoms with Crippen LogP contribution in [0.1, 0.15) is 30.0 Å². The van der Waals surface area contributed by atoms with E-state index in [-0.39, 0.29) is 0 Å². The molecule has 0 bridgehead atoms. The van der Waals surface area contributed by atoms with Gasteiger partial charge in [0, 0.05) is 24.3 Å². The van der Waals surface area contributed by atoms with E-state index in [1.807, 2.05) is 18.2 Å². The zero-order chi connectivity index (χ0) is 20.5. The summed E-state index contributed by atoms with van der Waals surface area (Å²) in [5, 5.41) is 4.06. The molecule has 0 aliphatic heterocycles. The molecule has 3 rings (SSSR count). The number of nitrogens with one attached hydrogen (secondary N) is 1. The SMILES string of the molecule is COc1cc(CN[C@@H](C)CCc2ccccc2)ccc1OCc1ccc(Cl)nc1. The fraction of sp³-hybridized carbons (Fsp3) is 0.292. The second-order valence-corrected chi connectivity index (χ2v) is 7.46. The number of halogens is 1. The predicted molar refractivity (Wildman–Crippen MR) is 118 cm³/mol. The van der Waals surface area contributed by atoms with E-state index in [0.29, 0.717) is 23.6 Å². The molecule has 1 aromatic heterocycles. The Hall–Kier alpha value is -2.56. The molecule has 1 heterocycles. The van der Waals surface area contributed by atoms with Crippen LogP contribution in [-0.4, -0.2) is 18.1 Å². The Morgan fingerprint density at radius 3 is 2.48 bits per heavy atom. The molecule has 0 aliphatic carbocycles. The van der Waals surface area contributed by atoms with Crippen molar-refractivity contribution in [1.29, 1.82) is 0 Å². The molecule has 4 nitrogen and oxygen atoms in total. The zero-order valence-corrected chi connectivity index (χ0v) is 17.7. The van der Waals surface area contributed by atoms with Crippen molar-refractivity contribution in [3.8, 4) is 11.5 Å². The summed E-state index contributed by atoms with van der Waals surface area (Å²) in [4.78, 5) is 4.07. The molecule has 3 aromatic rings. The Bertz CT molecular complexity index is 885. The van der Waals surface area contributed by atoms with Gasteiger partial charge < -0.3 is 14.8 Å². The minimum Gasteiger partial charge on any atom is -0.493 e. The van der Waals surface area contributed by atoms with Crippen LogP contribution >= 0.6 is 11.6 Å². The first-order chi connectivity index (χ1) is 14.1. The Morgan fingerprint density at radius 2 is 1.76 bits per heavy atom. The molecule has 0 saturated carbocycles. The molecule has 0 saturated heterocycles. The number of ether oxygens (including phenoxy) is 2. The molecule has 2 aromatic carbocycles. The van der Waals surface area contributed by atoms with Crippen LogP contribution in [0.2, 0.25) is 5.15 Å². The minimum absolute atomic E-state index is 0.411. The third-order valence-corrected chi connectivity index (χ3v) is 5.00. The molecule has 0 amide bonds. The van der Waals surface area contributed by atoms with Crippen LogP contribution in [0.5, 0.6) is 11.5 Å². The van der Waals surface area contributed by atoms with E-state index in [1.165, 1.54) is 5.56 Å². The normalized spacial score (nSPS) is 11.8. The number of aromatic nitrogens is 1. The Kier molecular flexibility index (Phi) is 7.91. The lowest BCUT2D eigenvalue weighted by Crippen LogP contribution is -2.26. The van der Waals surface area contributed by atoms with E-state index in [9.17, 15) is 0 Å². The molecule has 1 atom stereocenters. The van der Waals surface area contributed by atoms with Crippen molar-refractivity contribution in [2.45, 2.75) is 39.0 Å². The average Bonchev–Trinajstić information content (AvgIpc) is 2.76. The van der Waals surface area contributed by atoms with Crippen LogP contribution in [0, 0.1) is 0 Å². The summed E-state index contributed by atoms with van der Waals surface area (Å²) in [6.07, 6.45) is 3.88. The van der Waals surface area contributed by atoms with Gasteiger partial charge in [0.15, 0.2) is 11.5 Å². The molecule has 0 fully saturated rings. The van der Waals surface area contributed by atoms with Gasteiger partial charge in [-0.15, -0.1) is 0 Å². The molecule has 29 heavy (non-hydrogen) atoms. The number of pyridine rings is 1. The topological polar surface area (TPSA) is 43.4 Å². The van der Waals surface area contributed by atoms with Gasteiger partial charge in [-0.1, -0.05) is 54.1 Å². The summed E-state index contributed by atoms with van der Waals surface area (Å²) in [5.74, 6) is 1.44. The molecule has 152 valence electrons. The van der Waals surface area contributed by atoms with Gasteiger partial charge in [-0.3, -0.25) is 0 Å². The fourth-order valence-electron chi connectivity index (χ4n) is 3.02. The first kappa shape index (κ1) is 21.2. The highest BCUT2D eigenvalue weighted by atomic mass is 35.5. The highest BCUT2D eigenvalue weighted by Crippen LogP contribution is 2.29. The van der Waals surface area contributed by atoms with Crippen molar-refractivity contribution >= 4 is 11.6 Å². The van der Waals surface area contributed by atoms with Crippen LogP contribution in [0.15, 0.2) is 66.9 Å². The zero-order valence-electron chi connectivity index (χ0n) is 16.9. The number of rotatable bonds is 10. The summed E-state index contributed by atoms with van der Waals surface area (Å²) >= 11 is 5.82. The Labute approximate surface area is 177 Å². The van der Waals surface area contributed by atoms with Crippen molar-refractivity contribution in [2.75, 3.05) is 7.11 Å². The monoisotopic (exact) mass is 410 g/mol. The van der Waals surface area contributed by atoms with E-state index < -0.39 is 0 Å². The summed E-state index contributed by atoms with van der Waals surface area (Å²) < 4.78 is 11.4. The molecule has 5 heteroatoms. The molecular weight excluding hydrogens is 384 g/mol. The standard InChI is InChI=1S/C24H27ClN2O2/c1-18(8-9-19-6-4-3-5-7-19)26-15-20-10-12-22(23(14-20)28-2)29-17-21-11-13-24(25)27-16-21/h3-7,10-14,16,18,26H,8-9,15,17H2,1-2H3/t18-/m0/s1. The predicted octanol–water partition coefficient (Wildman–Crippen LogP) is 5.43. The average molecular weight is 411 g/mol. The molecule has 0 spiro atoms. The lowest BCUT2D eigenvalue weighted by molar-refractivity contribution is 0.284. The smallest absolute Gasteiger partial charge is 0.161 e. The maximum absolute atomic E-state index is 5.89. The van der Waals surface area contributed by atoms with Gasteiger partial charge in [0.2, 0.25) is 0 Å². The largest absolute Gasteiger partial charge is 0.493 e. The summed E-state index contributed by atoms with van der Waals surface area (Å²) in [5.41, 5.74) is 3.49. The second kappa shape index (κ2) is 10.8. The fourth-order valence-corrected chi connectivity index (χ4v) is 3.13. The van der Waals surface area contributed by atoms with Crippen LogP contribution in [0.4, 0.5) is 0 Å². The van der Waals surface area contributed by atoms with Gasteiger partial charge in [-0.25, -0.2) is 4.98 Å². The third-order valence-electron chi connectivity index (χ3n) is 4.77. The number of nitrogens with zero attached hydrogens (tertiary/aromatic N) is 1. The van der Waals surface area contributed by atoms with Gasteiger partial charge >= 0.3 is 0 Å². The van der Waals surface area contributed by atoms with Crippen molar-refractivity contribution in [3.05, 3.63) is 88.7 Å². The second-order valence-electron chi connectivity index (χ2n) is 7.07. The highest BCUT2D eigenvalue weighted by molar-refractivity contribution is 6.29. The molecule has 0 radical (unpaired) electrons. The molecule has 1 N–H and O–H groups in total. The van der Waals surface area contributed by atoms with E-state index in [0.717, 1.165) is 36.3 Å². The Balaban J connectivity index is 1.50. The highest BCUT2D eigenvalue weighted by Gasteiger charge is 2.08. The lowest BCUT2D eigenvalue weighted by atomic mass is 10.1. The van der Waals surface area contributed by atoms with E-state index in [1.54, 1.807) is 19.4 Å². The van der Waals surface area contributed by atoms with Gasteiger partial charge in [-0.2, -0.15) is 0 Å². The molecule has 0 unspecified atom stereocenters. The van der Waals surface area contributed by atoms with Crippen molar-refractivity contribution in [2.24, 2.45) is 0 Å². The first-order valence-electron chi connectivity index (χ1n) is 9.81. The van der Waals surface area contributed by atoms with Crippen LogP contribution in [0.25, 0.3) is 0 Å². The number of hydrogen-bond donors (Lipinski definition) is 1. The van der Waals surface area contributed by atoms with Crippen molar-refractivity contribution < 1.29 is 9.47 Å². The molecule has 0 aliphatic rings. The maximum Gasteiger partial charge on any atom is 0.161 e. The van der Waals surface area contributed by atoms with E-state index in [4.69, 9.17) is 21.1 Å². The van der Waals surface area contributed by atoms with Crippen molar-refractivity contribution in [1.82, 2.24) is 10.3 Å². The number of aryl methyl sites for hydroxylation is 1. The minimum atomic E-state index is 0.411. The summed E-state index contributed by atoms with van der Waals surface area (Å²) in [7, 11) is 1.66. The number of methoxy groups -OCH3 is 1. The molecular formula is C24H27ClN2O2. The number of hydrogen-bond acceptors (Lipinski definition) is 4. The quantitative estimate of drug-likeness (QED) is 0.452. The van der Waals surface area contributed by atoms with Gasteiger partial charge in [0.25, 0.3) is 0 Å². The summed E-state index contributed by atoms with van der Waals surface area (Å²) in [6.45, 7) is 3.42. The van der Waals surface area contributed by atoms with Crippen LogP contribution in [-0.2, 0) is 19.6 Å². The Morgan fingerprint density at radius 1 is 0.966 bits per heavy atom. The number of benzene rings is 2. The van der Waals surface area contributed by atoms with Crippen LogP contribution < -0.4 is 14.8 Å². The van der Waals surface area contributed by atoms with Gasteiger partial charge in [0.1, 0.15) is 11.8 Å². The lowest BCUT2D eigenvalue weighted by Gasteiger charge is -2.16. The maximum atomic E-state index is 5.89. The van der Waals surface area contributed by atoms with Gasteiger partial charge in [-0.05, 0) is 49.1 Å². The summed E-state index contributed by atoms with van der Waals surface area (Å²) in [6, 6.07) is 20.7. The van der Waals surface area contributed by atoms with E-state index in [2.05, 4.69) is 53.6 Å². The van der Waals surface area contributed by atoms with Crippen LogP contribution in [0.3, 0.4) is 0 Å². The first-order valence-corrected chi connectivity index (χ1v) is 10.2.